The van der Waals surface area contributed by atoms with Crippen LogP contribution in [0.5, 0.6) is 0 Å². The quantitative estimate of drug-likeness (QED) is 0.834. The summed E-state index contributed by atoms with van der Waals surface area (Å²) in [5.41, 5.74) is 1.98. The maximum Gasteiger partial charge on any atom is 0.253 e. The molecule has 2 heterocycles. The molecular weight excluding hydrogens is 274 g/mol. The van der Waals surface area contributed by atoms with Gasteiger partial charge in [0.05, 0.1) is 0 Å². The molecule has 0 aliphatic carbocycles. The number of piperazine rings is 1. The van der Waals surface area contributed by atoms with Gasteiger partial charge in [-0.1, -0.05) is 17.7 Å². The van der Waals surface area contributed by atoms with E-state index in [1.807, 2.05) is 36.1 Å². The van der Waals surface area contributed by atoms with Crippen molar-refractivity contribution in [1.29, 1.82) is 0 Å². The third kappa shape index (κ3) is 3.50. The second kappa shape index (κ2) is 6.80. The summed E-state index contributed by atoms with van der Waals surface area (Å²) in [6, 6.07) is 8.60. The van der Waals surface area contributed by atoms with Crippen LogP contribution in [0.15, 0.2) is 24.3 Å². The van der Waals surface area contributed by atoms with Crippen molar-refractivity contribution in [3.8, 4) is 0 Å². The lowest BCUT2D eigenvalue weighted by Crippen LogP contribution is -2.52. The minimum atomic E-state index is 0.195. The Bertz CT molecular complexity index is 515. The lowest BCUT2D eigenvalue weighted by atomic mass is 10.0. The number of likely N-dealkylation sites (N-methyl/N-ethyl adjacent to an activating group) is 1. The van der Waals surface area contributed by atoms with E-state index in [0.717, 1.165) is 37.1 Å². The molecule has 0 unspecified atom stereocenters. The number of nitrogens with zero attached hydrogens (tertiary/aromatic N) is 3. The van der Waals surface area contributed by atoms with E-state index in [4.69, 9.17) is 0 Å². The summed E-state index contributed by atoms with van der Waals surface area (Å²) in [7, 11) is 2.19. The highest BCUT2D eigenvalue weighted by molar-refractivity contribution is 5.94. The van der Waals surface area contributed by atoms with Crippen LogP contribution in [0.3, 0.4) is 0 Å². The molecule has 120 valence electrons. The fraction of sp³-hybridized carbons (Fsp3) is 0.611. The van der Waals surface area contributed by atoms with Gasteiger partial charge in [-0.2, -0.15) is 0 Å². The van der Waals surface area contributed by atoms with Gasteiger partial charge in [0, 0.05) is 50.9 Å². The standard InChI is InChI=1S/C18H27N3O/c1-15-4-3-5-16(14-15)18(22)21-8-6-17(7-9-21)20-12-10-19(2)11-13-20/h3-5,14,17H,6-13H2,1-2H3. The molecule has 2 saturated heterocycles. The number of carbonyl (C=O) groups is 1. The molecule has 1 aromatic rings. The Morgan fingerprint density at radius 2 is 1.73 bits per heavy atom. The number of aryl methyl sites for hydroxylation is 1. The van der Waals surface area contributed by atoms with Crippen LogP contribution in [-0.2, 0) is 0 Å². The van der Waals surface area contributed by atoms with Gasteiger partial charge in [-0.25, -0.2) is 0 Å². The van der Waals surface area contributed by atoms with E-state index in [2.05, 4.69) is 16.8 Å². The first-order valence-corrected chi connectivity index (χ1v) is 8.42. The van der Waals surface area contributed by atoms with Crippen molar-refractivity contribution in [3.05, 3.63) is 35.4 Å². The molecule has 2 aliphatic heterocycles. The predicted octanol–water partition coefficient (Wildman–Crippen LogP) is 1.85. The molecule has 0 aromatic heterocycles. The number of hydrogen-bond acceptors (Lipinski definition) is 3. The maximum absolute atomic E-state index is 12.6. The highest BCUT2D eigenvalue weighted by Gasteiger charge is 2.28. The molecule has 22 heavy (non-hydrogen) atoms. The third-order valence-corrected chi connectivity index (χ3v) is 5.07. The van der Waals surface area contributed by atoms with Crippen LogP contribution >= 0.6 is 0 Å². The van der Waals surface area contributed by atoms with Gasteiger partial charge in [0.2, 0.25) is 0 Å². The number of piperidine rings is 1. The average molecular weight is 301 g/mol. The summed E-state index contributed by atoms with van der Waals surface area (Å²) in [4.78, 5) is 19.6. The van der Waals surface area contributed by atoms with Crippen molar-refractivity contribution in [2.75, 3.05) is 46.3 Å². The van der Waals surface area contributed by atoms with Crippen molar-refractivity contribution in [1.82, 2.24) is 14.7 Å². The molecule has 2 aliphatic rings. The van der Waals surface area contributed by atoms with E-state index < -0.39 is 0 Å². The minimum Gasteiger partial charge on any atom is -0.339 e. The maximum atomic E-state index is 12.6. The molecule has 0 N–H and O–H groups in total. The van der Waals surface area contributed by atoms with Gasteiger partial charge in [0.1, 0.15) is 0 Å². The molecule has 0 saturated carbocycles. The van der Waals surface area contributed by atoms with Crippen LogP contribution in [-0.4, -0.2) is 73.0 Å². The lowest BCUT2D eigenvalue weighted by molar-refractivity contribution is 0.0518. The highest BCUT2D eigenvalue weighted by atomic mass is 16.2. The molecule has 2 fully saturated rings. The van der Waals surface area contributed by atoms with Gasteiger partial charge in [-0.3, -0.25) is 9.69 Å². The number of carbonyl (C=O) groups excluding carboxylic acids is 1. The molecule has 4 heteroatoms. The molecule has 0 spiro atoms. The summed E-state index contributed by atoms with van der Waals surface area (Å²) in [5.74, 6) is 0.195. The molecule has 0 bridgehead atoms. The van der Waals surface area contributed by atoms with E-state index in [-0.39, 0.29) is 5.91 Å². The van der Waals surface area contributed by atoms with Gasteiger partial charge in [0.25, 0.3) is 5.91 Å². The first-order chi connectivity index (χ1) is 10.6. The largest absolute Gasteiger partial charge is 0.339 e. The number of benzene rings is 1. The second-order valence-corrected chi connectivity index (χ2v) is 6.73. The van der Waals surface area contributed by atoms with Crippen LogP contribution in [0.2, 0.25) is 0 Å². The zero-order valence-electron chi connectivity index (χ0n) is 13.8. The summed E-state index contributed by atoms with van der Waals surface area (Å²) >= 11 is 0. The highest BCUT2D eigenvalue weighted by Crippen LogP contribution is 2.20. The van der Waals surface area contributed by atoms with Gasteiger partial charge in [-0.15, -0.1) is 0 Å². The number of amides is 1. The van der Waals surface area contributed by atoms with Gasteiger partial charge < -0.3 is 9.80 Å². The molecule has 1 aromatic carbocycles. The summed E-state index contributed by atoms with van der Waals surface area (Å²) in [6.45, 7) is 8.51. The van der Waals surface area contributed by atoms with E-state index in [1.165, 1.54) is 26.2 Å². The van der Waals surface area contributed by atoms with Gasteiger partial charge >= 0.3 is 0 Å². The van der Waals surface area contributed by atoms with E-state index >= 15 is 0 Å². The fourth-order valence-corrected chi connectivity index (χ4v) is 3.58. The monoisotopic (exact) mass is 301 g/mol. The smallest absolute Gasteiger partial charge is 0.253 e. The van der Waals surface area contributed by atoms with E-state index in [1.54, 1.807) is 0 Å². The Kier molecular flexibility index (Phi) is 4.79. The van der Waals surface area contributed by atoms with Gasteiger partial charge in [0.15, 0.2) is 0 Å². The SMILES string of the molecule is Cc1cccc(C(=O)N2CCC(N3CCN(C)CC3)CC2)c1. The number of hydrogen-bond donors (Lipinski definition) is 0. The first kappa shape index (κ1) is 15.5. The molecule has 0 atom stereocenters. The zero-order valence-corrected chi connectivity index (χ0v) is 13.8. The van der Waals surface area contributed by atoms with Crippen LogP contribution in [0.4, 0.5) is 0 Å². The van der Waals surface area contributed by atoms with Crippen LogP contribution < -0.4 is 0 Å². The van der Waals surface area contributed by atoms with Crippen LogP contribution in [0, 0.1) is 6.92 Å². The second-order valence-electron chi connectivity index (χ2n) is 6.73. The Morgan fingerprint density at radius 3 is 2.36 bits per heavy atom. The minimum absolute atomic E-state index is 0.195. The van der Waals surface area contributed by atoms with Crippen LogP contribution in [0.1, 0.15) is 28.8 Å². The Hall–Kier alpha value is -1.39. The number of likely N-dealkylation sites (tertiary alicyclic amines) is 1. The lowest BCUT2D eigenvalue weighted by Gasteiger charge is -2.42. The average Bonchev–Trinajstić information content (AvgIpc) is 2.55. The molecule has 3 rings (SSSR count). The molecular formula is C18H27N3O. The number of rotatable bonds is 2. The van der Waals surface area contributed by atoms with Crippen molar-refractivity contribution >= 4 is 5.91 Å². The first-order valence-electron chi connectivity index (χ1n) is 8.42. The van der Waals surface area contributed by atoms with Gasteiger partial charge in [-0.05, 0) is 38.9 Å². The van der Waals surface area contributed by atoms with Crippen molar-refractivity contribution in [2.24, 2.45) is 0 Å². The normalized spacial score (nSPS) is 22.0. The Labute approximate surface area is 133 Å². The topological polar surface area (TPSA) is 26.8 Å². The predicted molar refractivity (Wildman–Crippen MR) is 89.2 cm³/mol. The fourth-order valence-electron chi connectivity index (χ4n) is 3.58. The van der Waals surface area contributed by atoms with E-state index in [9.17, 15) is 4.79 Å². The van der Waals surface area contributed by atoms with E-state index in [0.29, 0.717) is 6.04 Å². The Morgan fingerprint density at radius 1 is 1.05 bits per heavy atom. The van der Waals surface area contributed by atoms with Crippen LogP contribution in [0.25, 0.3) is 0 Å². The zero-order chi connectivity index (χ0) is 15.5. The molecule has 0 radical (unpaired) electrons. The summed E-state index contributed by atoms with van der Waals surface area (Å²) in [6.07, 6.45) is 2.22. The van der Waals surface area contributed by atoms with Crippen molar-refractivity contribution in [3.63, 3.8) is 0 Å². The third-order valence-electron chi connectivity index (χ3n) is 5.07. The summed E-state index contributed by atoms with van der Waals surface area (Å²) in [5, 5.41) is 0. The van der Waals surface area contributed by atoms with Crippen molar-refractivity contribution < 1.29 is 4.79 Å². The van der Waals surface area contributed by atoms with Crippen molar-refractivity contribution in [2.45, 2.75) is 25.8 Å². The molecule has 1 amide bonds. The molecule has 4 nitrogen and oxygen atoms in total. The Balaban J connectivity index is 1.54. The summed E-state index contributed by atoms with van der Waals surface area (Å²) < 4.78 is 0.